The lowest BCUT2D eigenvalue weighted by Crippen LogP contribution is -2.51. The highest BCUT2D eigenvalue weighted by molar-refractivity contribution is 5.85. The molecular weight excluding hydrogens is 309 g/mol. The fourth-order valence-corrected chi connectivity index (χ4v) is 3.25. The molecule has 1 aliphatic rings. The van der Waals surface area contributed by atoms with Gasteiger partial charge in [-0.25, -0.2) is 14.2 Å². The molecule has 2 amide bonds. The highest BCUT2D eigenvalue weighted by atomic mass is 19.1. The Hall–Kier alpha value is -2.83. The Morgan fingerprint density at radius 3 is 2.71 bits per heavy atom. The van der Waals surface area contributed by atoms with Crippen LogP contribution in [-0.2, 0) is 0 Å². The Morgan fingerprint density at radius 2 is 1.96 bits per heavy atom. The first-order chi connectivity index (χ1) is 11.7. The van der Waals surface area contributed by atoms with Gasteiger partial charge in [0.25, 0.3) is 0 Å². The van der Waals surface area contributed by atoms with Crippen LogP contribution in [0.25, 0.3) is 16.6 Å². The molecule has 0 aliphatic carbocycles. The summed E-state index contributed by atoms with van der Waals surface area (Å²) in [6.07, 6.45) is 1.96. The summed E-state index contributed by atoms with van der Waals surface area (Å²) < 4.78 is 15.6. The van der Waals surface area contributed by atoms with Gasteiger partial charge in [-0.05, 0) is 24.3 Å². The van der Waals surface area contributed by atoms with E-state index in [0.29, 0.717) is 31.7 Å². The lowest BCUT2D eigenvalue weighted by Gasteiger charge is -2.35. The maximum absolute atomic E-state index is 13.6. The van der Waals surface area contributed by atoms with Gasteiger partial charge in [0.05, 0.1) is 16.6 Å². The average Bonchev–Trinajstić information content (AvgIpc) is 3.10. The summed E-state index contributed by atoms with van der Waals surface area (Å²) in [5, 5.41) is 2.65. The standard InChI is InChI=1S/C17H18FN5O/c1-19-17(24)22-9-7-21(8-10-22)16-15-3-2-6-23(15)14-5-4-12(18)11-13(14)20-16/h2-6,11H,7-10H2,1H3,(H,19,24). The number of aromatic nitrogens is 2. The van der Waals surface area contributed by atoms with E-state index < -0.39 is 0 Å². The number of anilines is 1. The molecule has 1 aromatic carbocycles. The maximum Gasteiger partial charge on any atom is 0.317 e. The number of nitrogens with zero attached hydrogens (tertiary/aromatic N) is 4. The second kappa shape index (κ2) is 5.67. The first kappa shape index (κ1) is 14.7. The molecule has 0 bridgehead atoms. The van der Waals surface area contributed by atoms with E-state index in [2.05, 4.69) is 10.2 Å². The van der Waals surface area contributed by atoms with Crippen LogP contribution in [-0.4, -0.2) is 53.5 Å². The Kier molecular flexibility index (Phi) is 3.48. The Labute approximate surface area is 138 Å². The molecule has 0 radical (unpaired) electrons. The van der Waals surface area contributed by atoms with Gasteiger partial charge in [0.2, 0.25) is 0 Å². The van der Waals surface area contributed by atoms with Gasteiger partial charge in [0.1, 0.15) is 5.82 Å². The van der Waals surface area contributed by atoms with Crippen molar-refractivity contribution < 1.29 is 9.18 Å². The third-order valence-corrected chi connectivity index (χ3v) is 4.48. The second-order valence-corrected chi connectivity index (χ2v) is 5.86. The van der Waals surface area contributed by atoms with E-state index in [9.17, 15) is 9.18 Å². The minimum Gasteiger partial charge on any atom is -0.351 e. The first-order valence-electron chi connectivity index (χ1n) is 7.95. The van der Waals surface area contributed by atoms with Gasteiger partial charge in [-0.3, -0.25) is 0 Å². The molecule has 3 heterocycles. The number of fused-ring (bicyclic) bond motifs is 3. The van der Waals surface area contributed by atoms with Gasteiger partial charge in [-0.15, -0.1) is 0 Å². The third kappa shape index (κ3) is 2.33. The topological polar surface area (TPSA) is 52.9 Å². The van der Waals surface area contributed by atoms with E-state index in [4.69, 9.17) is 4.98 Å². The molecular formula is C17H18FN5O. The number of hydrogen-bond donors (Lipinski definition) is 1. The zero-order chi connectivity index (χ0) is 16.7. The Morgan fingerprint density at radius 1 is 1.17 bits per heavy atom. The maximum atomic E-state index is 13.6. The second-order valence-electron chi connectivity index (χ2n) is 5.86. The molecule has 124 valence electrons. The van der Waals surface area contributed by atoms with Crippen molar-refractivity contribution in [3.8, 4) is 0 Å². The number of halogens is 1. The fraction of sp³-hybridized carbons (Fsp3) is 0.294. The number of piperazine rings is 1. The summed E-state index contributed by atoms with van der Waals surface area (Å²) in [5.74, 6) is 0.534. The van der Waals surface area contributed by atoms with Crippen molar-refractivity contribution in [2.75, 3.05) is 38.1 Å². The average molecular weight is 327 g/mol. The van der Waals surface area contributed by atoms with Crippen LogP contribution in [0.15, 0.2) is 36.5 Å². The molecule has 24 heavy (non-hydrogen) atoms. The van der Waals surface area contributed by atoms with E-state index in [0.717, 1.165) is 16.9 Å². The van der Waals surface area contributed by atoms with Gasteiger partial charge in [-0.1, -0.05) is 0 Å². The van der Waals surface area contributed by atoms with Crippen LogP contribution in [0.3, 0.4) is 0 Å². The monoisotopic (exact) mass is 327 g/mol. The van der Waals surface area contributed by atoms with Crippen LogP contribution >= 0.6 is 0 Å². The zero-order valence-corrected chi connectivity index (χ0v) is 13.4. The number of amides is 2. The van der Waals surface area contributed by atoms with Gasteiger partial charge in [0, 0.05) is 45.5 Å². The molecule has 4 rings (SSSR count). The lowest BCUT2D eigenvalue weighted by atomic mass is 10.2. The van der Waals surface area contributed by atoms with E-state index >= 15 is 0 Å². The molecule has 0 unspecified atom stereocenters. The molecule has 0 atom stereocenters. The highest BCUT2D eigenvalue weighted by Crippen LogP contribution is 2.26. The van der Waals surface area contributed by atoms with Crippen LogP contribution in [0.4, 0.5) is 15.0 Å². The van der Waals surface area contributed by atoms with Gasteiger partial charge in [-0.2, -0.15) is 0 Å². The molecule has 1 saturated heterocycles. The molecule has 2 aromatic heterocycles. The minimum absolute atomic E-state index is 0.0592. The van der Waals surface area contributed by atoms with Crippen molar-refractivity contribution in [1.29, 1.82) is 0 Å². The van der Waals surface area contributed by atoms with E-state index in [1.54, 1.807) is 18.0 Å². The van der Waals surface area contributed by atoms with Gasteiger partial charge >= 0.3 is 6.03 Å². The third-order valence-electron chi connectivity index (χ3n) is 4.48. The van der Waals surface area contributed by atoms with Crippen molar-refractivity contribution in [1.82, 2.24) is 19.6 Å². The molecule has 0 spiro atoms. The predicted molar refractivity (Wildman–Crippen MR) is 90.9 cm³/mol. The largest absolute Gasteiger partial charge is 0.351 e. The van der Waals surface area contributed by atoms with Crippen LogP contribution < -0.4 is 10.2 Å². The number of rotatable bonds is 1. The van der Waals surface area contributed by atoms with Crippen molar-refractivity contribution in [2.24, 2.45) is 0 Å². The number of benzene rings is 1. The molecule has 3 aromatic rings. The van der Waals surface area contributed by atoms with Crippen molar-refractivity contribution >= 4 is 28.4 Å². The molecule has 6 nitrogen and oxygen atoms in total. The normalized spacial score (nSPS) is 15.2. The minimum atomic E-state index is -0.295. The molecule has 1 N–H and O–H groups in total. The van der Waals surface area contributed by atoms with E-state index in [1.807, 2.05) is 22.7 Å². The smallest absolute Gasteiger partial charge is 0.317 e. The fourth-order valence-electron chi connectivity index (χ4n) is 3.25. The molecule has 1 fully saturated rings. The van der Waals surface area contributed by atoms with Crippen LogP contribution in [0.5, 0.6) is 0 Å². The predicted octanol–water partition coefficient (Wildman–Crippen LogP) is 2.09. The summed E-state index contributed by atoms with van der Waals surface area (Å²) in [6.45, 7) is 2.66. The number of urea groups is 1. The van der Waals surface area contributed by atoms with Crippen molar-refractivity contribution in [2.45, 2.75) is 0 Å². The number of carbonyl (C=O) groups is 1. The number of nitrogens with one attached hydrogen (secondary N) is 1. The van der Waals surface area contributed by atoms with Gasteiger partial charge in [0.15, 0.2) is 5.82 Å². The Balaban J connectivity index is 1.73. The zero-order valence-electron chi connectivity index (χ0n) is 13.4. The molecule has 0 saturated carbocycles. The van der Waals surface area contributed by atoms with E-state index in [-0.39, 0.29) is 11.8 Å². The summed E-state index contributed by atoms with van der Waals surface area (Å²) in [4.78, 5) is 20.4. The van der Waals surface area contributed by atoms with Crippen molar-refractivity contribution in [3.63, 3.8) is 0 Å². The number of hydrogen-bond acceptors (Lipinski definition) is 3. The first-order valence-corrected chi connectivity index (χ1v) is 7.95. The van der Waals surface area contributed by atoms with Crippen LogP contribution in [0.2, 0.25) is 0 Å². The number of carbonyl (C=O) groups excluding carboxylic acids is 1. The van der Waals surface area contributed by atoms with Gasteiger partial charge < -0.3 is 19.5 Å². The summed E-state index contributed by atoms with van der Waals surface area (Å²) in [5.41, 5.74) is 2.49. The quantitative estimate of drug-likeness (QED) is 0.745. The Bertz CT molecular complexity index is 914. The van der Waals surface area contributed by atoms with Crippen LogP contribution in [0, 0.1) is 5.82 Å². The molecule has 1 aliphatic heterocycles. The summed E-state index contributed by atoms with van der Waals surface area (Å²) >= 11 is 0. The molecule has 7 heteroatoms. The van der Waals surface area contributed by atoms with E-state index in [1.165, 1.54) is 12.1 Å². The SMILES string of the molecule is CNC(=O)N1CCN(c2nc3cc(F)ccc3n3cccc23)CC1. The van der Waals surface area contributed by atoms with Crippen LogP contribution in [0.1, 0.15) is 0 Å². The lowest BCUT2D eigenvalue weighted by molar-refractivity contribution is 0.196. The summed E-state index contributed by atoms with van der Waals surface area (Å²) in [7, 11) is 1.64. The highest BCUT2D eigenvalue weighted by Gasteiger charge is 2.23. The summed E-state index contributed by atoms with van der Waals surface area (Å²) in [6, 6.07) is 8.57. The van der Waals surface area contributed by atoms with Crippen molar-refractivity contribution in [3.05, 3.63) is 42.3 Å².